The maximum absolute atomic E-state index is 17.0. The third-order valence-corrected chi connectivity index (χ3v) is 17.5. The Kier molecular flexibility index (Phi) is 7.61. The number of ether oxygens (including phenoxy) is 1. The smallest absolute Gasteiger partial charge is 0.268 e. The summed E-state index contributed by atoms with van der Waals surface area (Å²) in [5.41, 5.74) is -0.257. The Bertz CT molecular complexity index is 3170. The summed E-state index contributed by atoms with van der Waals surface area (Å²) in [6.07, 6.45) is 14.5. The van der Waals surface area contributed by atoms with Crippen molar-refractivity contribution in [2.45, 2.75) is 179 Å². The number of benzene rings is 4. The summed E-state index contributed by atoms with van der Waals surface area (Å²) in [6.45, 7) is 14.6. The van der Waals surface area contributed by atoms with Crippen LogP contribution in [0.5, 0.6) is 11.5 Å². The predicted octanol–water partition coefficient (Wildman–Crippen LogP) is 14.9. The van der Waals surface area contributed by atoms with Crippen molar-refractivity contribution in [1.82, 2.24) is 0 Å². The number of fused-ring (bicyclic) bond motifs is 7. The first kappa shape index (κ1) is 32.6. The number of hydrogen-bond donors (Lipinski definition) is 0. The van der Waals surface area contributed by atoms with Gasteiger partial charge in [-0.2, -0.15) is 11.3 Å². The highest BCUT2D eigenvalue weighted by Gasteiger charge is 2.60. The van der Waals surface area contributed by atoms with Crippen molar-refractivity contribution in [1.29, 1.82) is 0 Å². The molecule has 334 valence electrons. The van der Waals surface area contributed by atoms with Crippen LogP contribution >= 0.6 is 11.3 Å². The Morgan fingerprint density at radius 2 is 1.41 bits per heavy atom. The Hall–Kier alpha value is -4.10. The highest BCUT2D eigenvalue weighted by molar-refractivity contribution is 7.27. The lowest BCUT2D eigenvalue weighted by atomic mass is 9.36. The molecule has 0 bridgehead atoms. The molecule has 0 spiro atoms. The normalized spacial score (nSPS) is 26.0. The van der Waals surface area contributed by atoms with Crippen LogP contribution in [0.3, 0.4) is 0 Å². The van der Waals surface area contributed by atoms with Crippen molar-refractivity contribution in [3.8, 4) is 11.5 Å². The van der Waals surface area contributed by atoms with Crippen LogP contribution in [0, 0.1) is 17.6 Å². The molecular weight excluding hydrogens is 810 g/mol. The third-order valence-electron chi connectivity index (χ3n) is 16.5. The molecule has 2 unspecified atom stereocenters. The Balaban J connectivity index is 1.29. The van der Waals surface area contributed by atoms with Gasteiger partial charge >= 0.3 is 0 Å². The van der Waals surface area contributed by atoms with Gasteiger partial charge in [-0.1, -0.05) is 137 Å². The number of halogens is 2. The summed E-state index contributed by atoms with van der Waals surface area (Å²) in [5.74, 6) is -1.18. The highest BCUT2D eigenvalue weighted by Crippen LogP contribution is 2.63. The van der Waals surface area contributed by atoms with Crippen LogP contribution in [0.4, 0.5) is 37.2 Å². The van der Waals surface area contributed by atoms with Crippen molar-refractivity contribution < 1.29 is 27.2 Å². The lowest BCUT2D eigenvalue weighted by Crippen LogP contribution is -2.59. The van der Waals surface area contributed by atoms with E-state index >= 15 is 8.78 Å². The van der Waals surface area contributed by atoms with Crippen LogP contribution in [0.15, 0.2) is 71.9 Å². The molecule has 6 aliphatic rings. The Labute approximate surface area is 400 Å². The summed E-state index contributed by atoms with van der Waals surface area (Å²) in [4.78, 5) is 3.20. The summed E-state index contributed by atoms with van der Waals surface area (Å²) in [7, 11) is 0. The predicted molar refractivity (Wildman–Crippen MR) is 266 cm³/mol. The number of hydrogen-bond acceptors (Lipinski definition) is 4. The zero-order valence-electron chi connectivity index (χ0n) is 48.9. The summed E-state index contributed by atoms with van der Waals surface area (Å²) >= 11 is 1.37. The van der Waals surface area contributed by atoms with E-state index in [1.165, 1.54) is 30.6 Å². The van der Waals surface area contributed by atoms with Crippen LogP contribution in [-0.2, 0) is 21.7 Å². The van der Waals surface area contributed by atoms with Gasteiger partial charge < -0.3 is 14.5 Å². The second-order valence-corrected chi connectivity index (χ2v) is 23.4. The minimum Gasteiger partial charge on any atom is -0.457 e. The molecule has 3 saturated carbocycles. The first-order valence-corrected chi connectivity index (χ1v) is 24.9. The molecule has 3 fully saturated rings. The van der Waals surface area contributed by atoms with E-state index in [9.17, 15) is 9.60 Å². The molecule has 4 heterocycles. The number of anilines is 5. The average Bonchev–Trinajstić information content (AvgIpc) is 3.86. The molecule has 3 nitrogen and oxygen atoms in total. The molecule has 64 heavy (non-hydrogen) atoms. The van der Waals surface area contributed by atoms with Gasteiger partial charge in [-0.3, -0.25) is 0 Å². The molecule has 0 N–H and O–H groups in total. The zero-order chi connectivity index (χ0) is 53.3. The van der Waals surface area contributed by atoms with Gasteiger partial charge in [0.15, 0.2) is 0 Å². The van der Waals surface area contributed by atoms with Gasteiger partial charge in [0.1, 0.15) is 28.8 Å². The molecule has 7 heteroatoms. The maximum Gasteiger partial charge on any atom is 0.268 e. The van der Waals surface area contributed by atoms with Crippen LogP contribution in [0.25, 0.3) is 0 Å². The molecule has 3 aliphatic heterocycles. The quantitative estimate of drug-likeness (QED) is 0.160. The van der Waals surface area contributed by atoms with Gasteiger partial charge in [0.2, 0.25) is 0 Å². The van der Waals surface area contributed by atoms with Gasteiger partial charge in [0.25, 0.3) is 6.71 Å². The molecule has 4 aromatic carbocycles. The third kappa shape index (κ3) is 6.35. The van der Waals surface area contributed by atoms with Crippen molar-refractivity contribution in [2.75, 3.05) is 9.80 Å². The van der Waals surface area contributed by atoms with E-state index < -0.39 is 63.9 Å². The number of para-hydroxylation sites is 1. The van der Waals surface area contributed by atoms with E-state index in [0.29, 0.717) is 57.7 Å². The van der Waals surface area contributed by atoms with E-state index in [-0.39, 0.29) is 64.4 Å². The number of thiophene rings is 1. The SMILES string of the molecule is [2H]c1sc2c(c1C1(CC3CCCCC3)CCCCC1)Oc1c([2H])c(C(C)(C)C)c([2H])c3c1B2c1cc2c(cc1N3c1c([2H])c([2H])c(C(C)(C)C)c([2H])c1[2H])N(c1c(F)c([2H])c([2H])c([2H])c1F)C1(C)CCCCC21C. The number of nitrogens with zero attached hydrogens (tertiary/aromatic N) is 2. The van der Waals surface area contributed by atoms with Crippen molar-refractivity contribution in [3.05, 3.63) is 106 Å². The molecular formula is C57H67BF2N2OS. The largest absolute Gasteiger partial charge is 0.457 e. The fourth-order valence-corrected chi connectivity index (χ4v) is 14.0. The molecule has 3 aliphatic carbocycles. The lowest BCUT2D eigenvalue weighted by molar-refractivity contribution is 0.193. The monoisotopic (exact) mass is 887 g/mol. The molecule has 11 rings (SSSR count). The van der Waals surface area contributed by atoms with E-state index in [2.05, 4.69) is 13.0 Å². The molecule has 1 aromatic heterocycles. The standard InChI is InChI=1S/C57H67BF2N2OS/c1-53(2,3)37-22-24-39(25-23-37)61-46-33-45-40(55(7)26-15-16-27-56(55,8)62(45)50-43(59)20-17-21-44(50)60)32-42(46)58-49-47(61)30-38(54(4,5)6)31-48(49)63-51-41(35-64-52(51)58)57(28-13-10-14-29-57)34-36-18-11-9-12-19-36/h17,20-25,30-33,35-36H,9-16,18-19,26-29,34H2,1-8H3/i17D,20D,21D,22D,23D,24D,25D,30D,31D,35D. The van der Waals surface area contributed by atoms with Gasteiger partial charge in [-0.25, -0.2) is 8.78 Å². The van der Waals surface area contributed by atoms with Gasteiger partial charge in [0.05, 0.1) is 19.2 Å². The lowest BCUT2D eigenvalue weighted by Gasteiger charge is -2.50. The van der Waals surface area contributed by atoms with Crippen molar-refractivity contribution >= 4 is 62.2 Å². The maximum atomic E-state index is 17.0. The average molecular weight is 887 g/mol. The fourth-order valence-electron chi connectivity index (χ4n) is 12.9. The Morgan fingerprint density at radius 3 is 2.09 bits per heavy atom. The molecule has 0 radical (unpaired) electrons. The summed E-state index contributed by atoms with van der Waals surface area (Å²) in [6, 6.07) is -0.00167. The second kappa shape index (κ2) is 15.0. The minimum absolute atomic E-state index is 0.0388. The van der Waals surface area contributed by atoms with Crippen LogP contribution in [0.1, 0.15) is 188 Å². The molecule has 0 saturated heterocycles. The van der Waals surface area contributed by atoms with Crippen molar-refractivity contribution in [2.24, 2.45) is 5.92 Å². The van der Waals surface area contributed by atoms with Crippen molar-refractivity contribution in [3.63, 3.8) is 0 Å². The Morgan fingerprint density at radius 1 is 0.750 bits per heavy atom. The van der Waals surface area contributed by atoms with Crippen LogP contribution in [-0.4, -0.2) is 12.3 Å². The minimum atomic E-state index is -1.26. The van der Waals surface area contributed by atoms with Crippen LogP contribution < -0.4 is 30.2 Å². The summed E-state index contributed by atoms with van der Waals surface area (Å²) in [5, 5.41) is 0.414. The highest BCUT2D eigenvalue weighted by atomic mass is 32.1. The van der Waals surface area contributed by atoms with Gasteiger partial charge in [-0.15, -0.1) is 0 Å². The first-order valence-electron chi connectivity index (χ1n) is 29.0. The van der Waals surface area contributed by atoms with Gasteiger partial charge in [0, 0.05) is 43.9 Å². The summed E-state index contributed by atoms with van der Waals surface area (Å²) < 4.78 is 137. The molecule has 0 amide bonds. The molecule has 2 atom stereocenters. The molecule has 5 aromatic rings. The van der Waals surface area contributed by atoms with E-state index in [1.807, 2.05) is 48.5 Å². The first-order chi connectivity index (χ1) is 34.7. The van der Waals surface area contributed by atoms with E-state index in [1.54, 1.807) is 15.9 Å². The second-order valence-electron chi connectivity index (χ2n) is 22.6. The van der Waals surface area contributed by atoms with Crippen LogP contribution in [0.2, 0.25) is 0 Å². The van der Waals surface area contributed by atoms with E-state index in [0.717, 1.165) is 80.1 Å². The number of rotatable bonds is 5. The topological polar surface area (TPSA) is 15.7 Å². The zero-order valence-corrected chi connectivity index (χ0v) is 39.7. The fraction of sp³-hybridized carbons (Fsp3) is 0.509. The van der Waals surface area contributed by atoms with E-state index in [4.69, 9.17) is 8.85 Å². The van der Waals surface area contributed by atoms with Gasteiger partial charge in [-0.05, 0) is 131 Å².